The topological polar surface area (TPSA) is 82.0 Å². The Morgan fingerprint density at radius 2 is 1.93 bits per heavy atom. The predicted octanol–water partition coefficient (Wildman–Crippen LogP) is 4.10. The van der Waals surface area contributed by atoms with Gasteiger partial charge in [0, 0.05) is 0 Å². The molecule has 0 radical (unpaired) electrons. The molecule has 6 nitrogen and oxygen atoms in total. The molecule has 3 heterocycles. The summed E-state index contributed by atoms with van der Waals surface area (Å²) in [6.07, 6.45) is 3.26. The second-order valence-corrected chi connectivity index (χ2v) is 6.93. The molecule has 0 aliphatic carbocycles. The summed E-state index contributed by atoms with van der Waals surface area (Å²) in [6, 6.07) is 17.3. The Hall–Kier alpha value is -3.45. The van der Waals surface area contributed by atoms with E-state index in [0.717, 1.165) is 16.3 Å². The molecular formula is C20H12N4O2S. The quantitative estimate of drug-likeness (QED) is 0.687. The Kier molecular flexibility index (Phi) is 3.54. The van der Waals surface area contributed by atoms with Crippen LogP contribution in [0.5, 0.6) is 0 Å². The molecule has 0 spiro atoms. The number of carbonyl (C=O) groups excluding carboxylic acids is 1. The van der Waals surface area contributed by atoms with Crippen molar-refractivity contribution < 1.29 is 9.21 Å². The van der Waals surface area contributed by atoms with E-state index in [1.54, 1.807) is 24.5 Å². The lowest BCUT2D eigenvalue weighted by molar-refractivity contribution is -0.114. The Morgan fingerprint density at radius 3 is 2.78 bits per heavy atom. The molecule has 130 valence electrons. The molecule has 1 amide bonds. The fourth-order valence-corrected chi connectivity index (χ4v) is 3.88. The van der Waals surface area contributed by atoms with E-state index in [4.69, 9.17) is 9.83 Å². The normalized spacial score (nSPS) is 18.1. The molecule has 0 fully saturated rings. The molecule has 27 heavy (non-hydrogen) atoms. The number of thioether (sulfide) groups is 1. The third kappa shape index (κ3) is 2.60. The van der Waals surface area contributed by atoms with Crippen molar-refractivity contribution in [1.29, 1.82) is 5.41 Å². The largest absolute Gasteiger partial charge is 0.462 e. The SMILES string of the molecule is N=C1/C(=C/c2cccc3ccccc23)C(=O)N=C2SC(c3ccco3)=NN12. The van der Waals surface area contributed by atoms with Crippen molar-refractivity contribution in [1.82, 2.24) is 5.01 Å². The number of hydrogen-bond acceptors (Lipinski definition) is 5. The number of benzene rings is 2. The van der Waals surface area contributed by atoms with Crippen LogP contribution in [0.4, 0.5) is 0 Å². The summed E-state index contributed by atoms with van der Waals surface area (Å²) >= 11 is 1.21. The molecule has 0 unspecified atom stereocenters. The summed E-state index contributed by atoms with van der Waals surface area (Å²) in [5.74, 6) is 0.145. The van der Waals surface area contributed by atoms with Gasteiger partial charge < -0.3 is 4.42 Å². The number of amidine groups is 2. The summed E-state index contributed by atoms with van der Waals surface area (Å²) in [5.41, 5.74) is 1.07. The molecule has 1 aromatic heterocycles. The first-order valence-electron chi connectivity index (χ1n) is 8.22. The van der Waals surface area contributed by atoms with E-state index in [1.807, 2.05) is 42.5 Å². The van der Waals surface area contributed by atoms with E-state index in [2.05, 4.69) is 10.1 Å². The molecule has 3 aromatic rings. The first-order chi connectivity index (χ1) is 13.2. The third-order valence-corrected chi connectivity index (χ3v) is 5.23. The van der Waals surface area contributed by atoms with Gasteiger partial charge >= 0.3 is 0 Å². The van der Waals surface area contributed by atoms with Crippen LogP contribution in [-0.4, -0.2) is 27.0 Å². The Bertz CT molecular complexity index is 1190. The van der Waals surface area contributed by atoms with E-state index < -0.39 is 5.91 Å². The fraction of sp³-hybridized carbons (Fsp3) is 0. The lowest BCUT2D eigenvalue weighted by Crippen LogP contribution is -2.35. The molecule has 1 N–H and O–H groups in total. The van der Waals surface area contributed by atoms with Crippen LogP contribution in [0, 0.1) is 5.41 Å². The van der Waals surface area contributed by atoms with Gasteiger partial charge in [-0.15, -0.1) is 0 Å². The van der Waals surface area contributed by atoms with E-state index in [9.17, 15) is 4.79 Å². The highest BCUT2D eigenvalue weighted by Gasteiger charge is 2.36. The zero-order chi connectivity index (χ0) is 18.4. The molecule has 2 aliphatic heterocycles. The molecular weight excluding hydrogens is 360 g/mol. The number of furan rings is 1. The Morgan fingerprint density at radius 1 is 1.07 bits per heavy atom. The lowest BCUT2D eigenvalue weighted by Gasteiger charge is -2.20. The molecule has 2 aromatic carbocycles. The average Bonchev–Trinajstić information content (AvgIpc) is 3.35. The summed E-state index contributed by atoms with van der Waals surface area (Å²) in [6.45, 7) is 0. The van der Waals surface area contributed by atoms with Crippen molar-refractivity contribution in [2.24, 2.45) is 10.1 Å². The van der Waals surface area contributed by atoms with Crippen LogP contribution in [-0.2, 0) is 4.79 Å². The van der Waals surface area contributed by atoms with Crippen molar-refractivity contribution in [3.63, 3.8) is 0 Å². The molecule has 7 heteroatoms. The highest BCUT2D eigenvalue weighted by Crippen LogP contribution is 2.31. The van der Waals surface area contributed by atoms with Crippen LogP contribution in [0.2, 0.25) is 0 Å². The first kappa shape index (κ1) is 15.8. The third-order valence-electron chi connectivity index (χ3n) is 4.31. The first-order valence-corrected chi connectivity index (χ1v) is 9.04. The van der Waals surface area contributed by atoms with Gasteiger partial charge in [0.05, 0.1) is 11.8 Å². The van der Waals surface area contributed by atoms with Gasteiger partial charge in [-0.2, -0.15) is 15.1 Å². The van der Waals surface area contributed by atoms with E-state index >= 15 is 0 Å². The van der Waals surface area contributed by atoms with Crippen LogP contribution in [0.15, 0.2) is 80.9 Å². The summed E-state index contributed by atoms with van der Waals surface area (Å²) in [5, 5.41) is 17.3. The standard InChI is InChI=1S/C20H12N4O2S/c21-17-15(11-13-7-3-6-12-5-1-2-8-14(12)13)18(25)22-20-24(17)23-19(27-20)16-9-4-10-26-16/h1-11,21H/b15-11-,21-17?. The molecule has 5 rings (SSSR count). The monoisotopic (exact) mass is 372 g/mol. The molecule has 0 saturated carbocycles. The van der Waals surface area contributed by atoms with Gasteiger partial charge in [-0.1, -0.05) is 42.5 Å². The fourth-order valence-electron chi connectivity index (χ4n) is 3.02. The minimum absolute atomic E-state index is 0.00647. The molecule has 0 bridgehead atoms. The van der Waals surface area contributed by atoms with Crippen LogP contribution < -0.4 is 0 Å². The maximum atomic E-state index is 12.6. The van der Waals surface area contributed by atoms with Crippen molar-refractivity contribution in [2.45, 2.75) is 0 Å². The number of hydrazone groups is 1. The van der Waals surface area contributed by atoms with Gasteiger partial charge in [0.15, 0.2) is 16.6 Å². The van der Waals surface area contributed by atoms with Crippen molar-refractivity contribution in [2.75, 3.05) is 0 Å². The Labute approximate surface area is 158 Å². The highest BCUT2D eigenvalue weighted by atomic mass is 32.2. The van der Waals surface area contributed by atoms with Crippen LogP contribution in [0.1, 0.15) is 11.3 Å². The molecule has 0 atom stereocenters. The lowest BCUT2D eigenvalue weighted by atomic mass is 10.0. The van der Waals surface area contributed by atoms with Crippen LogP contribution in [0.3, 0.4) is 0 Å². The van der Waals surface area contributed by atoms with Crippen LogP contribution in [0.25, 0.3) is 16.8 Å². The molecule has 2 aliphatic rings. The van der Waals surface area contributed by atoms with Gasteiger partial charge in [-0.3, -0.25) is 10.2 Å². The second kappa shape index (κ2) is 6.07. The minimum Gasteiger partial charge on any atom is -0.462 e. The number of hydrogen-bond donors (Lipinski definition) is 1. The summed E-state index contributed by atoms with van der Waals surface area (Å²) < 4.78 is 5.35. The number of aliphatic imine (C=N–C) groups is 1. The van der Waals surface area contributed by atoms with E-state index in [1.165, 1.54) is 16.8 Å². The van der Waals surface area contributed by atoms with Gasteiger partial charge in [-0.25, -0.2) is 0 Å². The Balaban J connectivity index is 1.58. The van der Waals surface area contributed by atoms with E-state index in [0.29, 0.717) is 16.0 Å². The van der Waals surface area contributed by atoms with Gasteiger partial charge in [0.25, 0.3) is 5.91 Å². The van der Waals surface area contributed by atoms with Crippen molar-refractivity contribution in [3.8, 4) is 0 Å². The van der Waals surface area contributed by atoms with Crippen molar-refractivity contribution >= 4 is 50.6 Å². The number of carbonyl (C=O) groups is 1. The number of amides is 1. The van der Waals surface area contributed by atoms with Gasteiger partial charge in [0.1, 0.15) is 0 Å². The summed E-state index contributed by atoms with van der Waals surface area (Å²) in [4.78, 5) is 16.7. The summed E-state index contributed by atoms with van der Waals surface area (Å²) in [7, 11) is 0. The van der Waals surface area contributed by atoms with Crippen molar-refractivity contribution in [3.05, 3.63) is 77.8 Å². The minimum atomic E-state index is -0.442. The maximum absolute atomic E-state index is 12.6. The van der Waals surface area contributed by atoms with Crippen LogP contribution >= 0.6 is 11.8 Å². The smallest absolute Gasteiger partial charge is 0.283 e. The maximum Gasteiger partial charge on any atom is 0.283 e. The number of nitrogens with one attached hydrogen (secondary N) is 1. The van der Waals surface area contributed by atoms with Gasteiger partial charge in [-0.05, 0) is 46.3 Å². The highest BCUT2D eigenvalue weighted by molar-refractivity contribution is 8.27. The molecule has 0 saturated heterocycles. The zero-order valence-electron chi connectivity index (χ0n) is 13.9. The average molecular weight is 372 g/mol. The predicted molar refractivity (Wildman–Crippen MR) is 107 cm³/mol. The number of rotatable bonds is 2. The van der Waals surface area contributed by atoms with Gasteiger partial charge in [0.2, 0.25) is 5.17 Å². The zero-order valence-corrected chi connectivity index (χ0v) is 14.7. The number of nitrogens with zero attached hydrogens (tertiary/aromatic N) is 3. The number of fused-ring (bicyclic) bond motifs is 2. The second-order valence-electron chi connectivity index (χ2n) is 5.97. The van der Waals surface area contributed by atoms with E-state index in [-0.39, 0.29) is 11.4 Å².